The van der Waals surface area contributed by atoms with Gasteiger partial charge in [0.1, 0.15) is 0 Å². The standard InChI is InChI=1S/C28H47NO/c1-7-21(19(2)3)10-9-20(4)23-12-13-24-22-11-14-26-28(6,16-8-18-29(26)30)25(22)15-17-27(23,24)5/h9-10,19-25H,7-8,11-18H2,1-6H3/b10-9+/t20-,21?,22-,23+,24-,25-,27+,28+/m0/s1. The van der Waals surface area contributed by atoms with Gasteiger partial charge in [0.15, 0.2) is 12.3 Å². The van der Waals surface area contributed by atoms with E-state index in [9.17, 15) is 5.21 Å². The second-order valence-electron chi connectivity index (χ2n) is 12.3. The summed E-state index contributed by atoms with van der Waals surface area (Å²) in [6.45, 7) is 15.4. The summed E-state index contributed by atoms with van der Waals surface area (Å²) in [4.78, 5) is 0. The fraction of sp³-hybridized carbons (Fsp3) is 0.893. The smallest absolute Gasteiger partial charge is 0.169 e. The molecular formula is C28H47NO. The number of fused-ring (bicyclic) bond motifs is 5. The van der Waals surface area contributed by atoms with E-state index >= 15 is 0 Å². The molecule has 8 atom stereocenters. The molecule has 4 rings (SSSR count). The zero-order valence-electron chi connectivity index (χ0n) is 20.6. The number of nitrogens with zero attached hydrogens (tertiary/aromatic N) is 1. The predicted molar refractivity (Wildman–Crippen MR) is 128 cm³/mol. The third-order valence-corrected chi connectivity index (χ3v) is 10.7. The first kappa shape index (κ1) is 22.4. The fourth-order valence-corrected chi connectivity index (χ4v) is 8.93. The van der Waals surface area contributed by atoms with E-state index in [1.807, 2.05) is 0 Å². The molecule has 30 heavy (non-hydrogen) atoms. The largest absolute Gasteiger partial charge is 0.624 e. The molecule has 0 saturated heterocycles. The van der Waals surface area contributed by atoms with Crippen LogP contribution in [0.3, 0.4) is 0 Å². The van der Waals surface area contributed by atoms with E-state index in [2.05, 4.69) is 53.7 Å². The predicted octanol–water partition coefficient (Wildman–Crippen LogP) is 7.46. The molecule has 0 aromatic heterocycles. The van der Waals surface area contributed by atoms with Crippen LogP contribution < -0.4 is 0 Å². The van der Waals surface area contributed by atoms with E-state index < -0.39 is 0 Å². The topological polar surface area (TPSA) is 26.1 Å². The summed E-state index contributed by atoms with van der Waals surface area (Å²) >= 11 is 0. The number of hydroxylamine groups is 1. The molecule has 1 aliphatic heterocycles. The monoisotopic (exact) mass is 413 g/mol. The normalized spacial score (nSPS) is 43.4. The summed E-state index contributed by atoms with van der Waals surface area (Å²) < 4.78 is 1.40. The molecule has 1 unspecified atom stereocenters. The highest BCUT2D eigenvalue weighted by molar-refractivity contribution is 5.87. The molecular weight excluding hydrogens is 366 g/mol. The van der Waals surface area contributed by atoms with Crippen LogP contribution in [0.25, 0.3) is 0 Å². The number of hydrogen-bond donors (Lipinski definition) is 0. The van der Waals surface area contributed by atoms with Gasteiger partial charge in [-0.05, 0) is 98.7 Å². The molecule has 0 aromatic carbocycles. The van der Waals surface area contributed by atoms with Gasteiger partial charge in [0.2, 0.25) is 0 Å². The highest BCUT2D eigenvalue weighted by Gasteiger charge is 2.61. The van der Waals surface area contributed by atoms with Crippen molar-refractivity contribution in [2.24, 2.45) is 52.3 Å². The maximum absolute atomic E-state index is 12.6. The van der Waals surface area contributed by atoms with Crippen LogP contribution in [0, 0.1) is 57.5 Å². The number of hydrogen-bond acceptors (Lipinski definition) is 1. The Labute approximate surface area is 186 Å². The third kappa shape index (κ3) is 3.49. The molecule has 0 radical (unpaired) electrons. The van der Waals surface area contributed by atoms with Gasteiger partial charge < -0.3 is 5.21 Å². The van der Waals surface area contributed by atoms with Crippen LogP contribution in [0.4, 0.5) is 0 Å². The van der Waals surface area contributed by atoms with Crippen LogP contribution >= 0.6 is 0 Å². The van der Waals surface area contributed by atoms with Crippen LogP contribution in [0.2, 0.25) is 0 Å². The molecule has 0 spiro atoms. The Morgan fingerprint density at radius 3 is 2.50 bits per heavy atom. The van der Waals surface area contributed by atoms with Crippen molar-refractivity contribution in [3.05, 3.63) is 17.4 Å². The molecule has 0 aromatic rings. The van der Waals surface area contributed by atoms with Crippen molar-refractivity contribution in [3.63, 3.8) is 0 Å². The van der Waals surface area contributed by atoms with Crippen LogP contribution in [0.5, 0.6) is 0 Å². The van der Waals surface area contributed by atoms with Crippen molar-refractivity contribution in [2.45, 2.75) is 99.3 Å². The average molecular weight is 414 g/mol. The molecule has 0 N–H and O–H groups in total. The summed E-state index contributed by atoms with van der Waals surface area (Å²) in [6, 6.07) is 0. The number of rotatable bonds is 5. The lowest BCUT2D eigenvalue weighted by atomic mass is 9.47. The third-order valence-electron chi connectivity index (χ3n) is 10.7. The van der Waals surface area contributed by atoms with E-state index in [-0.39, 0.29) is 5.41 Å². The maximum atomic E-state index is 12.6. The molecule has 0 bridgehead atoms. The Hall–Kier alpha value is -0.790. The Morgan fingerprint density at radius 1 is 1.03 bits per heavy atom. The van der Waals surface area contributed by atoms with Crippen molar-refractivity contribution in [1.29, 1.82) is 0 Å². The van der Waals surface area contributed by atoms with Gasteiger partial charge in [-0.2, -0.15) is 0 Å². The van der Waals surface area contributed by atoms with Crippen molar-refractivity contribution >= 4 is 5.71 Å². The zero-order valence-corrected chi connectivity index (χ0v) is 20.6. The van der Waals surface area contributed by atoms with Crippen molar-refractivity contribution in [1.82, 2.24) is 0 Å². The molecule has 2 nitrogen and oxygen atoms in total. The lowest BCUT2D eigenvalue weighted by Crippen LogP contribution is -2.55. The Kier molecular flexibility index (Phi) is 6.19. The van der Waals surface area contributed by atoms with Gasteiger partial charge in [-0.25, -0.2) is 4.74 Å². The van der Waals surface area contributed by atoms with Gasteiger partial charge in [-0.1, -0.05) is 46.8 Å². The van der Waals surface area contributed by atoms with Crippen LogP contribution in [-0.2, 0) is 0 Å². The summed E-state index contributed by atoms with van der Waals surface area (Å²) in [5, 5.41) is 12.6. The van der Waals surface area contributed by atoms with E-state index in [1.54, 1.807) is 0 Å². The second-order valence-corrected chi connectivity index (χ2v) is 12.3. The lowest BCUT2D eigenvalue weighted by Gasteiger charge is -2.57. The minimum atomic E-state index is 0.194. The highest BCUT2D eigenvalue weighted by Crippen LogP contribution is 2.66. The van der Waals surface area contributed by atoms with Gasteiger partial charge in [-0.3, -0.25) is 0 Å². The summed E-state index contributed by atoms with van der Waals surface area (Å²) in [7, 11) is 0. The SMILES string of the molecule is CCC(/C=C/[C@H](C)[C@H]1CC[C@H]2[C@@H]3CCC4=[N+]([O-])CCC[C@]4(C)[C@H]3CC[C@]12C)C(C)C. The summed E-state index contributed by atoms with van der Waals surface area (Å²) in [5.74, 6) is 5.48. The second kappa shape index (κ2) is 8.28. The lowest BCUT2D eigenvalue weighted by molar-refractivity contribution is -0.473. The van der Waals surface area contributed by atoms with Crippen LogP contribution in [-0.4, -0.2) is 17.0 Å². The molecule has 3 saturated carbocycles. The van der Waals surface area contributed by atoms with Gasteiger partial charge in [0.25, 0.3) is 0 Å². The molecule has 4 aliphatic rings. The van der Waals surface area contributed by atoms with Crippen molar-refractivity contribution < 1.29 is 4.74 Å². The van der Waals surface area contributed by atoms with Crippen molar-refractivity contribution in [3.8, 4) is 0 Å². The molecule has 0 amide bonds. The summed E-state index contributed by atoms with van der Waals surface area (Å²) in [5.41, 5.74) is 1.97. The maximum Gasteiger partial charge on any atom is 0.169 e. The Morgan fingerprint density at radius 2 is 1.80 bits per heavy atom. The van der Waals surface area contributed by atoms with E-state index in [0.29, 0.717) is 11.3 Å². The van der Waals surface area contributed by atoms with Crippen LogP contribution in [0.15, 0.2) is 12.2 Å². The molecule has 3 fully saturated rings. The minimum Gasteiger partial charge on any atom is -0.624 e. The Balaban J connectivity index is 1.53. The highest BCUT2D eigenvalue weighted by atomic mass is 16.5. The van der Waals surface area contributed by atoms with Crippen LogP contribution in [0.1, 0.15) is 99.3 Å². The van der Waals surface area contributed by atoms with Gasteiger partial charge in [0.05, 0.1) is 5.41 Å². The first-order valence-corrected chi connectivity index (χ1v) is 13.2. The Bertz CT molecular complexity index is 693. The molecule has 3 aliphatic carbocycles. The quantitative estimate of drug-likeness (QED) is 0.261. The molecule has 170 valence electrons. The average Bonchev–Trinajstić information content (AvgIpc) is 3.05. The molecule has 1 heterocycles. The minimum absolute atomic E-state index is 0.194. The zero-order chi connectivity index (χ0) is 21.7. The van der Waals surface area contributed by atoms with Gasteiger partial charge >= 0.3 is 0 Å². The van der Waals surface area contributed by atoms with Gasteiger partial charge in [-0.15, -0.1) is 0 Å². The first-order chi connectivity index (χ1) is 14.2. The first-order valence-electron chi connectivity index (χ1n) is 13.2. The fourth-order valence-electron chi connectivity index (χ4n) is 8.93. The van der Waals surface area contributed by atoms with Crippen molar-refractivity contribution in [2.75, 3.05) is 6.54 Å². The van der Waals surface area contributed by atoms with Gasteiger partial charge in [0, 0.05) is 12.8 Å². The molecule has 2 heteroatoms. The van der Waals surface area contributed by atoms with E-state index in [1.165, 1.54) is 55.4 Å². The summed E-state index contributed by atoms with van der Waals surface area (Å²) in [6.07, 6.45) is 16.6. The van der Waals surface area contributed by atoms with E-state index in [0.717, 1.165) is 54.9 Å². The van der Waals surface area contributed by atoms with E-state index in [4.69, 9.17) is 0 Å². The number of allylic oxidation sites excluding steroid dienone is 2.